The van der Waals surface area contributed by atoms with Gasteiger partial charge in [-0.2, -0.15) is 0 Å². The molecule has 1 fully saturated rings. The molecule has 0 bridgehead atoms. The van der Waals surface area contributed by atoms with Gasteiger partial charge >= 0.3 is 0 Å². The fraction of sp³-hybridized carbons (Fsp3) is 0.667. The van der Waals surface area contributed by atoms with Crippen molar-refractivity contribution in [3.63, 3.8) is 0 Å². The Labute approximate surface area is 90.5 Å². The molecule has 0 atom stereocenters. The number of thiazole rings is 1. The van der Waals surface area contributed by atoms with Crippen molar-refractivity contribution in [2.24, 2.45) is 0 Å². The number of hydrogen-bond donors (Lipinski definition) is 0. The Kier molecular flexibility index (Phi) is 3.35. The normalized spacial score (nSPS) is 19.2. The molecule has 2 heterocycles. The van der Waals surface area contributed by atoms with E-state index < -0.39 is 0 Å². The van der Waals surface area contributed by atoms with Crippen molar-refractivity contribution in [3.8, 4) is 0 Å². The molecule has 1 aromatic rings. The molecule has 1 aliphatic rings. The highest BCUT2D eigenvalue weighted by molar-refractivity contribution is 9.08. The van der Waals surface area contributed by atoms with Crippen LogP contribution in [0.5, 0.6) is 0 Å². The zero-order valence-corrected chi connectivity index (χ0v) is 9.73. The van der Waals surface area contributed by atoms with Crippen LogP contribution in [-0.4, -0.2) is 18.2 Å². The largest absolute Gasteiger partial charge is 0.381 e. The van der Waals surface area contributed by atoms with Crippen molar-refractivity contribution < 1.29 is 4.74 Å². The van der Waals surface area contributed by atoms with Crippen LogP contribution in [0.3, 0.4) is 0 Å². The van der Waals surface area contributed by atoms with Crippen molar-refractivity contribution >= 4 is 27.3 Å². The summed E-state index contributed by atoms with van der Waals surface area (Å²) in [5.74, 6) is 0.645. The van der Waals surface area contributed by atoms with E-state index >= 15 is 0 Å². The maximum Gasteiger partial charge on any atom is 0.0960 e. The van der Waals surface area contributed by atoms with Crippen molar-refractivity contribution in [1.29, 1.82) is 0 Å². The quantitative estimate of drug-likeness (QED) is 0.764. The molecule has 0 amide bonds. The van der Waals surface area contributed by atoms with Gasteiger partial charge in [0.05, 0.1) is 5.01 Å². The molecule has 72 valence electrons. The lowest BCUT2D eigenvalue weighted by atomic mass is 10.0. The van der Waals surface area contributed by atoms with Crippen molar-refractivity contribution in [3.05, 3.63) is 16.1 Å². The lowest BCUT2D eigenvalue weighted by Crippen LogP contribution is -2.13. The predicted molar refractivity (Wildman–Crippen MR) is 57.5 cm³/mol. The van der Waals surface area contributed by atoms with E-state index in [-0.39, 0.29) is 0 Å². The standard InChI is InChI=1S/C9H12BrNOS/c10-5-8-6-11-9(13-8)7-1-3-12-4-2-7/h6-7H,1-5H2. The minimum atomic E-state index is 0.645. The van der Waals surface area contributed by atoms with Gasteiger partial charge in [0.1, 0.15) is 0 Å². The average Bonchev–Trinajstić information content (AvgIpc) is 2.67. The summed E-state index contributed by atoms with van der Waals surface area (Å²) in [6, 6.07) is 0. The molecule has 1 aromatic heterocycles. The zero-order chi connectivity index (χ0) is 9.10. The van der Waals surface area contributed by atoms with Gasteiger partial charge in [-0.15, -0.1) is 11.3 Å². The van der Waals surface area contributed by atoms with E-state index in [1.807, 2.05) is 17.5 Å². The summed E-state index contributed by atoms with van der Waals surface area (Å²) in [4.78, 5) is 5.76. The fourth-order valence-corrected chi connectivity index (χ4v) is 2.94. The van der Waals surface area contributed by atoms with E-state index in [1.165, 1.54) is 9.88 Å². The maximum absolute atomic E-state index is 5.32. The summed E-state index contributed by atoms with van der Waals surface area (Å²) < 4.78 is 5.32. The number of ether oxygens (including phenoxy) is 1. The summed E-state index contributed by atoms with van der Waals surface area (Å²) in [6.07, 6.45) is 4.24. The lowest BCUT2D eigenvalue weighted by molar-refractivity contribution is 0.0853. The first kappa shape index (κ1) is 9.62. The lowest BCUT2D eigenvalue weighted by Gasteiger charge is -2.19. The molecule has 0 unspecified atom stereocenters. The molecular weight excluding hydrogens is 250 g/mol. The van der Waals surface area contributed by atoms with E-state index in [1.54, 1.807) is 0 Å². The van der Waals surface area contributed by atoms with Gasteiger partial charge < -0.3 is 4.74 Å². The number of nitrogens with zero attached hydrogens (tertiary/aromatic N) is 1. The van der Waals surface area contributed by atoms with Crippen molar-refractivity contribution in [1.82, 2.24) is 4.98 Å². The van der Waals surface area contributed by atoms with Crippen LogP contribution < -0.4 is 0 Å². The Bertz CT molecular complexity index is 270. The smallest absolute Gasteiger partial charge is 0.0960 e. The Hall–Kier alpha value is 0.0700. The summed E-state index contributed by atoms with van der Waals surface area (Å²) >= 11 is 5.27. The third-order valence-corrected chi connectivity index (χ3v) is 4.41. The second kappa shape index (κ2) is 4.53. The van der Waals surface area contributed by atoms with Crippen LogP contribution in [0.25, 0.3) is 0 Å². The molecule has 1 aliphatic heterocycles. The average molecular weight is 262 g/mol. The number of halogens is 1. The van der Waals surface area contributed by atoms with Gasteiger partial charge in [-0.3, -0.25) is 0 Å². The predicted octanol–water partition coefficient (Wildman–Crippen LogP) is 2.93. The highest BCUT2D eigenvalue weighted by atomic mass is 79.9. The monoisotopic (exact) mass is 261 g/mol. The molecule has 0 saturated carbocycles. The number of hydrogen-bond acceptors (Lipinski definition) is 3. The summed E-state index contributed by atoms with van der Waals surface area (Å²) in [5, 5.41) is 2.21. The Morgan fingerprint density at radius 1 is 1.54 bits per heavy atom. The minimum Gasteiger partial charge on any atom is -0.381 e. The molecule has 0 aromatic carbocycles. The van der Waals surface area contributed by atoms with Gasteiger partial charge in [0.15, 0.2) is 0 Å². The molecule has 2 nitrogen and oxygen atoms in total. The second-order valence-corrected chi connectivity index (χ2v) is 4.89. The number of alkyl halides is 1. The van der Waals surface area contributed by atoms with Crippen LogP contribution in [0.4, 0.5) is 0 Å². The van der Waals surface area contributed by atoms with Crippen molar-refractivity contribution in [2.45, 2.75) is 24.1 Å². The molecule has 0 N–H and O–H groups in total. The zero-order valence-electron chi connectivity index (χ0n) is 7.33. The first-order valence-electron chi connectivity index (χ1n) is 4.48. The van der Waals surface area contributed by atoms with Crippen LogP contribution in [0, 0.1) is 0 Å². The topological polar surface area (TPSA) is 22.1 Å². The fourth-order valence-electron chi connectivity index (χ4n) is 1.52. The van der Waals surface area contributed by atoms with Crippen LogP contribution in [-0.2, 0) is 10.1 Å². The van der Waals surface area contributed by atoms with Gasteiger partial charge in [0, 0.05) is 35.5 Å². The van der Waals surface area contributed by atoms with E-state index in [9.17, 15) is 0 Å². The first-order valence-corrected chi connectivity index (χ1v) is 6.42. The Morgan fingerprint density at radius 3 is 2.92 bits per heavy atom. The third kappa shape index (κ3) is 2.30. The molecular formula is C9H12BrNOS. The highest BCUT2D eigenvalue weighted by Gasteiger charge is 2.18. The summed E-state index contributed by atoms with van der Waals surface area (Å²) in [7, 11) is 0. The molecule has 0 aliphatic carbocycles. The first-order chi connectivity index (χ1) is 6.40. The Balaban J connectivity index is 2.05. The van der Waals surface area contributed by atoms with E-state index in [4.69, 9.17) is 4.74 Å². The van der Waals surface area contributed by atoms with E-state index in [0.29, 0.717) is 5.92 Å². The summed E-state index contributed by atoms with van der Waals surface area (Å²) in [6.45, 7) is 1.79. The Morgan fingerprint density at radius 2 is 2.31 bits per heavy atom. The molecule has 4 heteroatoms. The molecule has 1 saturated heterocycles. The third-order valence-electron chi connectivity index (χ3n) is 2.27. The van der Waals surface area contributed by atoms with E-state index in [2.05, 4.69) is 20.9 Å². The number of rotatable bonds is 2. The van der Waals surface area contributed by atoms with Crippen LogP contribution >= 0.6 is 27.3 Å². The highest BCUT2D eigenvalue weighted by Crippen LogP contribution is 2.30. The molecule has 13 heavy (non-hydrogen) atoms. The minimum absolute atomic E-state index is 0.645. The van der Waals surface area contributed by atoms with Crippen LogP contribution in [0.15, 0.2) is 6.20 Å². The van der Waals surface area contributed by atoms with Gasteiger partial charge in [-0.1, -0.05) is 15.9 Å². The van der Waals surface area contributed by atoms with Gasteiger partial charge in [0.25, 0.3) is 0 Å². The van der Waals surface area contributed by atoms with Crippen molar-refractivity contribution in [2.75, 3.05) is 13.2 Å². The summed E-state index contributed by atoms with van der Waals surface area (Å²) in [5.41, 5.74) is 0. The SMILES string of the molecule is BrCc1cnc(C2CCOCC2)s1. The van der Waals surface area contributed by atoms with Gasteiger partial charge in [-0.05, 0) is 12.8 Å². The molecule has 0 radical (unpaired) electrons. The van der Waals surface area contributed by atoms with Crippen LogP contribution in [0.2, 0.25) is 0 Å². The van der Waals surface area contributed by atoms with E-state index in [0.717, 1.165) is 31.4 Å². The molecule has 2 rings (SSSR count). The second-order valence-electron chi connectivity index (χ2n) is 3.19. The van der Waals surface area contributed by atoms with Gasteiger partial charge in [0.2, 0.25) is 0 Å². The molecule has 0 spiro atoms. The van der Waals surface area contributed by atoms with Crippen LogP contribution in [0.1, 0.15) is 28.6 Å². The van der Waals surface area contributed by atoms with Gasteiger partial charge in [-0.25, -0.2) is 4.98 Å². The number of aromatic nitrogens is 1. The maximum atomic E-state index is 5.32.